The van der Waals surface area contributed by atoms with E-state index in [4.69, 9.17) is 0 Å². The van der Waals surface area contributed by atoms with Crippen molar-refractivity contribution in [3.05, 3.63) is 0 Å². The van der Waals surface area contributed by atoms with Gasteiger partial charge in [-0.05, 0) is 12.8 Å². The lowest BCUT2D eigenvalue weighted by Gasteiger charge is -2.23. The molecule has 0 radical (unpaired) electrons. The second-order valence-electron chi connectivity index (χ2n) is 11.0. The second kappa shape index (κ2) is 10.5. The molecule has 4 nitrogen and oxygen atoms in total. The zero-order valence-electron chi connectivity index (χ0n) is 20.5. The topological polar surface area (TPSA) is 68.3 Å². The molecular formula is C24H44O4. The molecule has 0 aliphatic carbocycles. The lowest BCUT2D eigenvalue weighted by molar-refractivity contribution is -0.137. The number of Topliss-reactive ketones (excluding diaryl/α,β-unsaturated/α-hetero) is 4. The first-order valence-corrected chi connectivity index (χ1v) is 10.4. The maximum atomic E-state index is 11.7. The van der Waals surface area contributed by atoms with Gasteiger partial charge in [-0.1, -0.05) is 83.1 Å². The van der Waals surface area contributed by atoms with Crippen molar-refractivity contribution < 1.29 is 19.2 Å². The Morgan fingerprint density at radius 1 is 0.464 bits per heavy atom. The van der Waals surface area contributed by atoms with Crippen molar-refractivity contribution in [3.8, 4) is 0 Å². The van der Waals surface area contributed by atoms with E-state index in [-0.39, 0.29) is 46.8 Å². The van der Waals surface area contributed by atoms with Crippen LogP contribution in [0.5, 0.6) is 0 Å². The van der Waals surface area contributed by atoms with Crippen LogP contribution in [0.3, 0.4) is 0 Å². The summed E-state index contributed by atoms with van der Waals surface area (Å²) in [6.45, 7) is 22.6. The van der Waals surface area contributed by atoms with E-state index < -0.39 is 10.8 Å². The molecule has 0 saturated heterocycles. The molecule has 164 valence electrons. The van der Waals surface area contributed by atoms with Gasteiger partial charge in [0.2, 0.25) is 0 Å². The van der Waals surface area contributed by atoms with Crippen LogP contribution in [0.4, 0.5) is 0 Å². The smallest absolute Gasteiger partial charge is 0.145 e. The highest BCUT2D eigenvalue weighted by atomic mass is 16.2. The third-order valence-electron chi connectivity index (χ3n) is 5.59. The number of ketones is 4. The highest BCUT2D eigenvalue weighted by Crippen LogP contribution is 2.27. The fourth-order valence-electron chi connectivity index (χ4n) is 1.69. The van der Waals surface area contributed by atoms with Crippen LogP contribution in [0.15, 0.2) is 0 Å². The number of carbonyl (C=O) groups excluding carboxylic acids is 4. The fourth-order valence-corrected chi connectivity index (χ4v) is 1.69. The Bertz CT molecular complexity index is 514. The van der Waals surface area contributed by atoms with Crippen molar-refractivity contribution in [2.45, 2.75) is 109 Å². The van der Waals surface area contributed by atoms with Crippen LogP contribution >= 0.6 is 0 Å². The van der Waals surface area contributed by atoms with Gasteiger partial charge in [0.05, 0.1) is 12.8 Å². The number of rotatable bonds is 8. The molecule has 0 bridgehead atoms. The van der Waals surface area contributed by atoms with Gasteiger partial charge in [0, 0.05) is 21.7 Å². The largest absolute Gasteiger partial charge is 0.299 e. The summed E-state index contributed by atoms with van der Waals surface area (Å²) < 4.78 is 0. The molecule has 0 aliphatic rings. The molecule has 4 heteroatoms. The summed E-state index contributed by atoms with van der Waals surface area (Å²) in [5.74, 6) is 0.174. The van der Waals surface area contributed by atoms with Crippen LogP contribution in [-0.4, -0.2) is 23.1 Å². The molecule has 0 aromatic rings. The predicted octanol–water partition coefficient (Wildman–Crippen LogP) is 5.99. The van der Waals surface area contributed by atoms with Gasteiger partial charge >= 0.3 is 0 Å². The highest BCUT2D eigenvalue weighted by molar-refractivity contribution is 6.04. The molecule has 0 N–H and O–H groups in total. The van der Waals surface area contributed by atoms with Gasteiger partial charge < -0.3 is 0 Å². The van der Waals surface area contributed by atoms with E-state index in [0.717, 1.165) is 12.8 Å². The summed E-state index contributed by atoms with van der Waals surface area (Å²) in [6.07, 6.45) is 1.71. The van der Waals surface area contributed by atoms with E-state index in [2.05, 4.69) is 0 Å². The average molecular weight is 397 g/mol. The Balaban J connectivity index is 0. The molecular weight excluding hydrogens is 352 g/mol. The molecule has 0 atom stereocenters. The zero-order chi connectivity index (χ0) is 23.1. The minimum absolute atomic E-state index is 0.0315. The quantitative estimate of drug-likeness (QED) is 0.472. The maximum absolute atomic E-state index is 11.7. The first-order chi connectivity index (χ1) is 12.2. The third kappa shape index (κ3) is 10.3. The van der Waals surface area contributed by atoms with Gasteiger partial charge in [0.1, 0.15) is 23.1 Å². The summed E-state index contributed by atoms with van der Waals surface area (Å²) in [5, 5.41) is 0. The first-order valence-electron chi connectivity index (χ1n) is 10.4. The van der Waals surface area contributed by atoms with Crippen molar-refractivity contribution in [2.24, 2.45) is 21.7 Å². The van der Waals surface area contributed by atoms with Crippen LogP contribution < -0.4 is 0 Å². The van der Waals surface area contributed by atoms with E-state index in [1.807, 2.05) is 83.1 Å². The minimum atomic E-state index is -0.403. The van der Waals surface area contributed by atoms with Crippen LogP contribution in [-0.2, 0) is 19.2 Å². The van der Waals surface area contributed by atoms with Crippen molar-refractivity contribution in [2.75, 3.05) is 0 Å². The lowest BCUT2D eigenvalue weighted by atomic mass is 9.79. The average Bonchev–Trinajstić information content (AvgIpc) is 2.53. The molecule has 0 spiro atoms. The Labute approximate surface area is 173 Å². The van der Waals surface area contributed by atoms with Crippen LogP contribution in [0.2, 0.25) is 0 Å². The minimum Gasteiger partial charge on any atom is -0.299 e. The van der Waals surface area contributed by atoms with E-state index in [9.17, 15) is 19.2 Å². The molecule has 0 aromatic heterocycles. The SMILES string of the molecule is CCC(C)(C)C(=O)CC(=O)C(C)(C)C.CCC(C)(C)C(=O)CC(=O)C(C)(C)C. The summed E-state index contributed by atoms with van der Waals surface area (Å²) in [4.78, 5) is 46.7. The van der Waals surface area contributed by atoms with Crippen LogP contribution in [0.25, 0.3) is 0 Å². The van der Waals surface area contributed by atoms with Crippen LogP contribution in [0.1, 0.15) is 109 Å². The van der Waals surface area contributed by atoms with Gasteiger partial charge in [-0.3, -0.25) is 19.2 Å². The molecule has 0 amide bonds. The Morgan fingerprint density at radius 2 is 0.679 bits per heavy atom. The second-order valence-corrected chi connectivity index (χ2v) is 11.0. The van der Waals surface area contributed by atoms with E-state index >= 15 is 0 Å². The molecule has 28 heavy (non-hydrogen) atoms. The molecule has 0 heterocycles. The molecule has 0 unspecified atom stereocenters. The standard InChI is InChI=1S/2C12H22O2/c2*1-7-12(5,6)10(14)8-9(13)11(2,3)4/h2*7-8H2,1-6H3. The summed E-state index contributed by atoms with van der Waals surface area (Å²) in [5.41, 5.74) is -1.53. The first kappa shape index (κ1) is 28.9. The lowest BCUT2D eigenvalue weighted by Crippen LogP contribution is -2.30. The van der Waals surface area contributed by atoms with E-state index in [1.54, 1.807) is 0 Å². The summed E-state index contributed by atoms with van der Waals surface area (Å²) in [6, 6.07) is 0. The van der Waals surface area contributed by atoms with Crippen molar-refractivity contribution in [3.63, 3.8) is 0 Å². The van der Waals surface area contributed by atoms with Gasteiger partial charge in [0.15, 0.2) is 0 Å². The Kier molecular flexibility index (Phi) is 10.8. The van der Waals surface area contributed by atoms with Crippen molar-refractivity contribution in [1.82, 2.24) is 0 Å². The van der Waals surface area contributed by atoms with Crippen LogP contribution in [0, 0.1) is 21.7 Å². The van der Waals surface area contributed by atoms with E-state index in [1.165, 1.54) is 0 Å². The monoisotopic (exact) mass is 396 g/mol. The fraction of sp³-hybridized carbons (Fsp3) is 0.833. The maximum Gasteiger partial charge on any atom is 0.145 e. The molecule has 0 saturated carbocycles. The molecule has 0 fully saturated rings. The van der Waals surface area contributed by atoms with Gasteiger partial charge in [-0.15, -0.1) is 0 Å². The zero-order valence-corrected chi connectivity index (χ0v) is 20.5. The number of hydrogen-bond donors (Lipinski definition) is 0. The highest BCUT2D eigenvalue weighted by Gasteiger charge is 2.31. The van der Waals surface area contributed by atoms with Crippen molar-refractivity contribution >= 4 is 23.1 Å². The number of carbonyl (C=O) groups is 4. The third-order valence-corrected chi connectivity index (χ3v) is 5.59. The van der Waals surface area contributed by atoms with Crippen molar-refractivity contribution in [1.29, 1.82) is 0 Å². The predicted molar refractivity (Wildman–Crippen MR) is 116 cm³/mol. The summed E-state index contributed by atoms with van der Waals surface area (Å²) in [7, 11) is 0. The Hall–Kier alpha value is -1.32. The molecule has 0 aliphatic heterocycles. The van der Waals surface area contributed by atoms with Gasteiger partial charge in [-0.2, -0.15) is 0 Å². The Morgan fingerprint density at radius 3 is 0.821 bits per heavy atom. The van der Waals surface area contributed by atoms with E-state index in [0.29, 0.717) is 0 Å². The number of hydrogen-bond acceptors (Lipinski definition) is 4. The normalized spacial score (nSPS) is 12.7. The van der Waals surface area contributed by atoms with Gasteiger partial charge in [-0.25, -0.2) is 0 Å². The molecule has 0 aromatic carbocycles. The van der Waals surface area contributed by atoms with Gasteiger partial charge in [0.25, 0.3) is 0 Å². The summed E-state index contributed by atoms with van der Waals surface area (Å²) >= 11 is 0. The molecule has 0 rings (SSSR count).